The molecule has 0 unspecified atom stereocenters. The van der Waals surface area contributed by atoms with Gasteiger partial charge in [0.25, 0.3) is 0 Å². The van der Waals surface area contributed by atoms with Gasteiger partial charge < -0.3 is 24.4 Å². The number of ether oxygens (including phenoxy) is 3. The third-order valence-electron chi connectivity index (χ3n) is 3.61. The average molecular weight is 386 g/mol. The number of alkyl carbamates (subject to hydrolysis) is 1. The van der Waals surface area contributed by atoms with Gasteiger partial charge in [-0.2, -0.15) is 0 Å². The van der Waals surface area contributed by atoms with Crippen molar-refractivity contribution >= 4 is 35.7 Å². The summed E-state index contributed by atoms with van der Waals surface area (Å²) in [5, 5.41) is 3.71. The van der Waals surface area contributed by atoms with E-state index in [1.165, 1.54) is 30.7 Å². The molecule has 0 aliphatic carbocycles. The van der Waals surface area contributed by atoms with E-state index in [0.717, 1.165) is 0 Å². The molecule has 2 amide bonds. The lowest BCUT2D eigenvalue weighted by atomic mass is 9.98. The number of carbonyl (C=O) groups is 4. The van der Waals surface area contributed by atoms with Crippen molar-refractivity contribution < 1.29 is 33.4 Å². The van der Waals surface area contributed by atoms with Crippen LogP contribution in [0.3, 0.4) is 0 Å². The summed E-state index contributed by atoms with van der Waals surface area (Å²) in [6.07, 6.45) is -0.708. The largest absolute Gasteiger partial charge is 0.467 e. The number of rotatable bonds is 4. The van der Waals surface area contributed by atoms with Gasteiger partial charge in [0.2, 0.25) is 5.91 Å². The molecule has 0 spiro atoms. The van der Waals surface area contributed by atoms with Crippen LogP contribution in [-0.4, -0.2) is 65.6 Å². The zero-order valence-electron chi connectivity index (χ0n) is 15.2. The van der Waals surface area contributed by atoms with Crippen LogP contribution in [0.2, 0.25) is 0 Å². The van der Waals surface area contributed by atoms with Gasteiger partial charge in [-0.3, -0.25) is 9.59 Å². The van der Waals surface area contributed by atoms with Crippen molar-refractivity contribution in [3.63, 3.8) is 0 Å². The molecule has 2 aliphatic heterocycles. The first kappa shape index (κ1) is 20.1. The van der Waals surface area contributed by atoms with Crippen LogP contribution in [0.5, 0.6) is 0 Å². The predicted octanol–water partition coefficient (Wildman–Crippen LogP) is 0.783. The maximum absolute atomic E-state index is 12.5. The Hall–Kier alpha value is -2.23. The Balaban J connectivity index is 2.13. The number of methoxy groups -OCH3 is 1. The molecule has 26 heavy (non-hydrogen) atoms. The van der Waals surface area contributed by atoms with Crippen LogP contribution in [0.15, 0.2) is 11.0 Å². The molecule has 0 aromatic rings. The number of amides is 2. The Morgan fingerprint density at radius 2 is 1.96 bits per heavy atom. The van der Waals surface area contributed by atoms with Gasteiger partial charge in [0.05, 0.1) is 7.11 Å². The zero-order valence-corrected chi connectivity index (χ0v) is 16.0. The molecule has 9 nitrogen and oxygen atoms in total. The standard InChI is InChI=1S/C16H22N2O7S/c1-8(19)24-6-9-7-26-13-10(17-15(22)25-16(2,3)4)12(20)18(13)11(9)14(21)23-5/h7,10-11,13H,6H2,1-5H3,(H,17,22)/t10-,11-,13-/m1/s1. The van der Waals surface area contributed by atoms with Gasteiger partial charge in [-0.1, -0.05) is 0 Å². The van der Waals surface area contributed by atoms with E-state index in [1.807, 2.05) is 0 Å². The van der Waals surface area contributed by atoms with Gasteiger partial charge in [-0.25, -0.2) is 9.59 Å². The van der Waals surface area contributed by atoms with Gasteiger partial charge in [0.15, 0.2) is 6.04 Å². The molecule has 0 aromatic carbocycles. The molecule has 3 atom stereocenters. The average Bonchev–Trinajstić information content (AvgIpc) is 2.54. The Kier molecular flexibility index (Phi) is 5.84. The third kappa shape index (κ3) is 4.29. The predicted molar refractivity (Wildman–Crippen MR) is 91.9 cm³/mol. The summed E-state index contributed by atoms with van der Waals surface area (Å²) in [5.74, 6) is -1.57. The minimum Gasteiger partial charge on any atom is -0.467 e. The number of hydrogen-bond donors (Lipinski definition) is 1. The first-order valence-corrected chi connectivity index (χ1v) is 8.86. The number of hydrogen-bond acceptors (Lipinski definition) is 8. The third-order valence-corrected chi connectivity index (χ3v) is 4.82. The molecular formula is C16H22N2O7S. The molecule has 2 aliphatic rings. The summed E-state index contributed by atoms with van der Waals surface area (Å²) >= 11 is 1.25. The highest BCUT2D eigenvalue weighted by atomic mass is 32.2. The van der Waals surface area contributed by atoms with Crippen molar-refractivity contribution in [2.24, 2.45) is 0 Å². The SMILES string of the molecule is COC(=O)[C@H]1C(COC(C)=O)=CS[C@@H]2[C@H](NC(=O)OC(C)(C)C)C(=O)N12. The molecule has 1 N–H and O–H groups in total. The molecular weight excluding hydrogens is 364 g/mol. The van der Waals surface area contributed by atoms with Crippen LogP contribution >= 0.6 is 11.8 Å². The van der Waals surface area contributed by atoms with Crippen molar-refractivity contribution in [2.75, 3.05) is 13.7 Å². The summed E-state index contributed by atoms with van der Waals surface area (Å²) in [7, 11) is 1.21. The zero-order chi connectivity index (χ0) is 19.6. The van der Waals surface area contributed by atoms with E-state index in [2.05, 4.69) is 5.32 Å². The monoisotopic (exact) mass is 386 g/mol. The fraction of sp³-hybridized carbons (Fsp3) is 0.625. The van der Waals surface area contributed by atoms with Crippen LogP contribution in [-0.2, 0) is 28.6 Å². The number of fused-ring (bicyclic) bond motifs is 1. The second-order valence-corrected chi connectivity index (χ2v) is 7.79. The lowest BCUT2D eigenvalue weighted by molar-refractivity contribution is -0.161. The fourth-order valence-corrected chi connectivity index (χ4v) is 3.76. The van der Waals surface area contributed by atoms with E-state index in [9.17, 15) is 19.2 Å². The van der Waals surface area contributed by atoms with E-state index in [4.69, 9.17) is 14.2 Å². The molecule has 0 saturated carbocycles. The van der Waals surface area contributed by atoms with Crippen LogP contribution in [0.25, 0.3) is 0 Å². The Morgan fingerprint density at radius 3 is 2.50 bits per heavy atom. The summed E-state index contributed by atoms with van der Waals surface area (Å²) in [6, 6.07) is -1.80. The van der Waals surface area contributed by atoms with Crippen molar-refractivity contribution in [2.45, 2.75) is 50.8 Å². The molecule has 0 radical (unpaired) electrons. The second-order valence-electron chi connectivity index (χ2n) is 6.79. The first-order chi connectivity index (χ1) is 12.0. The van der Waals surface area contributed by atoms with Gasteiger partial charge in [-0.15, -0.1) is 11.8 Å². The topological polar surface area (TPSA) is 111 Å². The van der Waals surface area contributed by atoms with Crippen molar-refractivity contribution in [3.05, 3.63) is 11.0 Å². The maximum Gasteiger partial charge on any atom is 0.408 e. The molecule has 0 bridgehead atoms. The van der Waals surface area contributed by atoms with Crippen LogP contribution in [0.1, 0.15) is 27.7 Å². The van der Waals surface area contributed by atoms with E-state index in [0.29, 0.717) is 5.57 Å². The first-order valence-electron chi connectivity index (χ1n) is 7.92. The molecule has 0 aromatic heterocycles. The number of esters is 2. The van der Waals surface area contributed by atoms with Gasteiger partial charge in [0.1, 0.15) is 23.6 Å². The summed E-state index contributed by atoms with van der Waals surface area (Å²) < 4.78 is 14.9. The molecule has 10 heteroatoms. The highest BCUT2D eigenvalue weighted by Crippen LogP contribution is 2.40. The number of β-lactam (4-membered cyclic amide) rings is 1. The van der Waals surface area contributed by atoms with Crippen LogP contribution < -0.4 is 5.32 Å². The highest BCUT2D eigenvalue weighted by Gasteiger charge is 2.56. The summed E-state index contributed by atoms with van der Waals surface area (Å²) in [4.78, 5) is 48.9. The Bertz CT molecular complexity index is 655. The minimum absolute atomic E-state index is 0.122. The van der Waals surface area contributed by atoms with Crippen molar-refractivity contribution in [1.82, 2.24) is 10.2 Å². The number of carbonyl (C=O) groups excluding carboxylic acids is 4. The van der Waals surface area contributed by atoms with Gasteiger partial charge in [-0.05, 0) is 26.2 Å². The van der Waals surface area contributed by atoms with Crippen LogP contribution in [0.4, 0.5) is 4.79 Å². The quantitative estimate of drug-likeness (QED) is 0.429. The number of nitrogens with zero attached hydrogens (tertiary/aromatic N) is 1. The normalized spacial score (nSPS) is 24.7. The Morgan fingerprint density at radius 1 is 1.31 bits per heavy atom. The lowest BCUT2D eigenvalue weighted by Crippen LogP contribution is -2.74. The molecule has 2 rings (SSSR count). The summed E-state index contributed by atoms with van der Waals surface area (Å²) in [6.45, 7) is 6.28. The van der Waals surface area contributed by atoms with Crippen molar-refractivity contribution in [1.29, 1.82) is 0 Å². The van der Waals surface area contributed by atoms with Crippen molar-refractivity contribution in [3.8, 4) is 0 Å². The van der Waals surface area contributed by atoms with E-state index < -0.39 is 47.0 Å². The minimum atomic E-state index is -0.991. The Labute approximate surface area is 155 Å². The van der Waals surface area contributed by atoms with E-state index in [1.54, 1.807) is 26.2 Å². The van der Waals surface area contributed by atoms with E-state index >= 15 is 0 Å². The molecule has 2 heterocycles. The lowest BCUT2D eigenvalue weighted by Gasteiger charge is -2.51. The molecule has 1 saturated heterocycles. The fourth-order valence-electron chi connectivity index (χ4n) is 2.55. The van der Waals surface area contributed by atoms with Gasteiger partial charge in [0, 0.05) is 12.5 Å². The van der Waals surface area contributed by atoms with Crippen LogP contribution in [0, 0.1) is 0 Å². The summed E-state index contributed by atoms with van der Waals surface area (Å²) in [5.41, 5.74) is -0.251. The molecule has 144 valence electrons. The van der Waals surface area contributed by atoms with Gasteiger partial charge >= 0.3 is 18.0 Å². The number of nitrogens with one attached hydrogen (secondary N) is 1. The van der Waals surface area contributed by atoms with E-state index in [-0.39, 0.29) is 6.61 Å². The smallest absolute Gasteiger partial charge is 0.408 e. The number of thioether (sulfide) groups is 1. The highest BCUT2D eigenvalue weighted by molar-refractivity contribution is 8.02. The second kappa shape index (κ2) is 7.56. The molecule has 1 fully saturated rings. The maximum atomic E-state index is 12.5.